The molecule has 0 aromatic carbocycles. The van der Waals surface area contributed by atoms with Gasteiger partial charge in [0.05, 0.1) is 12.6 Å². The number of aliphatic hydroxyl groups excluding tert-OH is 2. The number of nitrogens with zero attached hydrogens (tertiary/aromatic N) is 1. The lowest BCUT2D eigenvalue weighted by Crippen LogP contribution is -2.42. The highest BCUT2D eigenvalue weighted by Gasteiger charge is 2.28. The average Bonchev–Trinajstić information content (AvgIpc) is 3.10. The van der Waals surface area contributed by atoms with E-state index in [9.17, 15) is 15.0 Å². The van der Waals surface area contributed by atoms with Gasteiger partial charge in [0.15, 0.2) is 0 Å². The number of carbonyl (C=O) groups excluding carboxylic acids is 1. The molecule has 2 unspecified atom stereocenters. The molecule has 5 nitrogen and oxygen atoms in total. The molecule has 31 heavy (non-hydrogen) atoms. The van der Waals surface area contributed by atoms with Crippen LogP contribution in [0.15, 0.2) is 34.9 Å². The molecule has 2 aliphatic heterocycles. The van der Waals surface area contributed by atoms with Crippen molar-refractivity contribution in [3.63, 3.8) is 0 Å². The lowest BCUT2D eigenvalue weighted by molar-refractivity contribution is -0.118. The molecule has 0 radical (unpaired) electrons. The summed E-state index contributed by atoms with van der Waals surface area (Å²) in [4.78, 5) is 16.0. The largest absolute Gasteiger partial charge is 0.392 e. The predicted molar refractivity (Wildman–Crippen MR) is 132 cm³/mol. The zero-order chi connectivity index (χ0) is 22.4. The Kier molecular flexibility index (Phi) is 9.25. The van der Waals surface area contributed by atoms with Gasteiger partial charge >= 0.3 is 0 Å². The molecule has 8 heteroatoms. The summed E-state index contributed by atoms with van der Waals surface area (Å²) in [6.45, 7) is 5.36. The molecule has 170 valence electrons. The first kappa shape index (κ1) is 24.6. The van der Waals surface area contributed by atoms with Gasteiger partial charge in [0.2, 0.25) is 5.91 Å². The standard InChI is InChI=1S/C23H31ClN2O3S2/c1-3-16(24)7-4-6-15(2)22(29)21-18-9-11-30-14-19(18)31-23(21)25-20(28)13-26-10-5-8-17(27)12-26/h3-4,6-7,17,22,27,29H,5,8-14H2,1-2H3,(H,25,28)/b7-4-,15-6+,16-3+. The SMILES string of the molecule is C\C=C(Cl)/C=C\C=C(/C)C(O)c1c(NC(=O)CN2CCCC(O)C2)sc2c1CCSC2. The molecule has 1 amide bonds. The Morgan fingerprint density at radius 3 is 3.00 bits per heavy atom. The van der Waals surface area contributed by atoms with Gasteiger partial charge in [-0.25, -0.2) is 0 Å². The average molecular weight is 483 g/mol. The molecule has 2 aliphatic rings. The molecule has 0 aliphatic carbocycles. The van der Waals surface area contributed by atoms with E-state index >= 15 is 0 Å². The number of halogens is 1. The van der Waals surface area contributed by atoms with Crippen LogP contribution in [0.3, 0.4) is 0 Å². The van der Waals surface area contributed by atoms with Crippen LogP contribution in [0.4, 0.5) is 5.00 Å². The number of fused-ring (bicyclic) bond motifs is 1. The number of β-amino-alcohol motifs (C(OH)–C–C–N with tert-alkyl or cyclic N) is 1. The first-order valence-electron chi connectivity index (χ1n) is 10.7. The fourth-order valence-electron chi connectivity index (χ4n) is 3.89. The number of thiophene rings is 1. The van der Waals surface area contributed by atoms with E-state index in [0.29, 0.717) is 11.6 Å². The monoisotopic (exact) mass is 482 g/mol. The van der Waals surface area contributed by atoms with Crippen molar-refractivity contribution >= 4 is 45.6 Å². The third-order valence-electron chi connectivity index (χ3n) is 5.56. The molecule has 1 fully saturated rings. The van der Waals surface area contributed by atoms with Gasteiger partial charge in [-0.1, -0.05) is 29.8 Å². The van der Waals surface area contributed by atoms with Crippen molar-refractivity contribution in [1.29, 1.82) is 0 Å². The van der Waals surface area contributed by atoms with Gasteiger partial charge in [-0.3, -0.25) is 9.69 Å². The number of rotatable bonds is 7. The fourth-order valence-corrected chi connectivity index (χ4v) is 6.39. The summed E-state index contributed by atoms with van der Waals surface area (Å²) < 4.78 is 0. The Balaban J connectivity index is 1.79. The maximum Gasteiger partial charge on any atom is 0.239 e. The number of likely N-dealkylation sites (tertiary alicyclic amines) is 1. The Hall–Kier alpha value is -1.09. The number of aliphatic hydroxyl groups is 2. The smallest absolute Gasteiger partial charge is 0.239 e. The summed E-state index contributed by atoms with van der Waals surface area (Å²) in [5, 5.41) is 25.5. The van der Waals surface area contributed by atoms with Crippen molar-refractivity contribution in [3.8, 4) is 0 Å². The van der Waals surface area contributed by atoms with Crippen molar-refractivity contribution in [1.82, 2.24) is 4.90 Å². The fraction of sp³-hybridized carbons (Fsp3) is 0.522. The number of anilines is 1. The molecule has 0 spiro atoms. The number of hydrogen-bond acceptors (Lipinski definition) is 6. The van der Waals surface area contributed by atoms with Gasteiger partial charge in [-0.2, -0.15) is 11.8 Å². The van der Waals surface area contributed by atoms with Crippen LogP contribution in [0.5, 0.6) is 0 Å². The lowest BCUT2D eigenvalue weighted by atomic mass is 9.97. The molecule has 3 heterocycles. The van der Waals surface area contributed by atoms with E-state index in [0.717, 1.165) is 53.5 Å². The summed E-state index contributed by atoms with van der Waals surface area (Å²) in [6, 6.07) is 0. The van der Waals surface area contributed by atoms with Gasteiger partial charge in [-0.05, 0) is 62.6 Å². The van der Waals surface area contributed by atoms with E-state index in [4.69, 9.17) is 11.6 Å². The second kappa shape index (κ2) is 11.7. The highest BCUT2D eigenvalue weighted by atomic mass is 35.5. The molecular formula is C23H31ClN2O3S2. The summed E-state index contributed by atoms with van der Waals surface area (Å²) in [7, 11) is 0. The maximum absolute atomic E-state index is 12.8. The highest BCUT2D eigenvalue weighted by Crippen LogP contribution is 2.44. The van der Waals surface area contributed by atoms with Crippen LogP contribution >= 0.6 is 34.7 Å². The number of allylic oxidation sites excluding steroid dienone is 5. The molecule has 3 rings (SSSR count). The Morgan fingerprint density at radius 1 is 1.45 bits per heavy atom. The minimum atomic E-state index is -0.788. The molecule has 1 saturated heterocycles. The van der Waals surface area contributed by atoms with E-state index in [1.807, 2.05) is 42.7 Å². The number of piperidine rings is 1. The quantitative estimate of drug-likeness (QED) is 0.495. The Morgan fingerprint density at radius 2 is 2.26 bits per heavy atom. The third-order valence-corrected chi connectivity index (χ3v) is 8.23. The molecule has 0 saturated carbocycles. The summed E-state index contributed by atoms with van der Waals surface area (Å²) >= 11 is 9.46. The highest BCUT2D eigenvalue weighted by molar-refractivity contribution is 7.98. The van der Waals surface area contributed by atoms with Crippen molar-refractivity contribution in [2.45, 2.75) is 51.1 Å². The van der Waals surface area contributed by atoms with Gasteiger partial charge in [0, 0.05) is 27.8 Å². The van der Waals surface area contributed by atoms with Gasteiger partial charge in [0.25, 0.3) is 0 Å². The molecule has 1 aromatic heterocycles. The zero-order valence-corrected chi connectivity index (χ0v) is 20.5. The van der Waals surface area contributed by atoms with Crippen LogP contribution < -0.4 is 5.32 Å². The van der Waals surface area contributed by atoms with Crippen molar-refractivity contribution in [2.75, 3.05) is 30.7 Å². The topological polar surface area (TPSA) is 72.8 Å². The molecule has 3 N–H and O–H groups in total. The number of carbonyl (C=O) groups is 1. The van der Waals surface area contributed by atoms with Crippen molar-refractivity contribution < 1.29 is 15.0 Å². The van der Waals surface area contributed by atoms with Gasteiger partial charge in [0.1, 0.15) is 11.1 Å². The number of nitrogens with one attached hydrogen (secondary N) is 1. The Bertz CT molecular complexity index is 878. The minimum absolute atomic E-state index is 0.102. The molecule has 0 bridgehead atoms. The summed E-state index contributed by atoms with van der Waals surface area (Å²) in [5.74, 6) is 1.82. The van der Waals surface area contributed by atoms with E-state index in [2.05, 4.69) is 5.32 Å². The van der Waals surface area contributed by atoms with E-state index in [-0.39, 0.29) is 18.6 Å². The van der Waals surface area contributed by atoms with Crippen LogP contribution in [-0.4, -0.2) is 52.5 Å². The lowest BCUT2D eigenvalue weighted by Gasteiger charge is -2.29. The number of thioether (sulfide) groups is 1. The van der Waals surface area contributed by atoms with E-state index in [1.54, 1.807) is 23.5 Å². The van der Waals surface area contributed by atoms with E-state index < -0.39 is 6.10 Å². The zero-order valence-electron chi connectivity index (χ0n) is 18.1. The Labute approximate surface area is 197 Å². The first-order chi connectivity index (χ1) is 14.9. The minimum Gasteiger partial charge on any atom is -0.392 e. The number of hydrogen-bond donors (Lipinski definition) is 3. The number of amides is 1. The van der Waals surface area contributed by atoms with E-state index in [1.165, 1.54) is 10.4 Å². The van der Waals surface area contributed by atoms with Crippen molar-refractivity contribution in [2.24, 2.45) is 0 Å². The van der Waals surface area contributed by atoms with Crippen LogP contribution in [0.25, 0.3) is 0 Å². The predicted octanol–water partition coefficient (Wildman–Crippen LogP) is 4.61. The summed E-state index contributed by atoms with van der Waals surface area (Å²) in [6.07, 6.45) is 8.72. The van der Waals surface area contributed by atoms with Crippen LogP contribution in [-0.2, 0) is 17.0 Å². The van der Waals surface area contributed by atoms with Crippen LogP contribution in [0.2, 0.25) is 0 Å². The molecule has 2 atom stereocenters. The second-order valence-corrected chi connectivity index (χ2v) is 10.6. The maximum atomic E-state index is 12.8. The normalized spacial score (nSPS) is 21.9. The van der Waals surface area contributed by atoms with Crippen molar-refractivity contribution in [3.05, 3.63) is 50.9 Å². The molecule has 1 aromatic rings. The van der Waals surface area contributed by atoms with Gasteiger partial charge < -0.3 is 15.5 Å². The van der Waals surface area contributed by atoms with Crippen LogP contribution in [0.1, 0.15) is 48.8 Å². The molecular weight excluding hydrogens is 452 g/mol. The van der Waals surface area contributed by atoms with Gasteiger partial charge in [-0.15, -0.1) is 11.3 Å². The second-order valence-electron chi connectivity index (χ2n) is 7.97. The summed E-state index contributed by atoms with van der Waals surface area (Å²) in [5.41, 5.74) is 2.79. The first-order valence-corrected chi connectivity index (χ1v) is 13.0. The van der Waals surface area contributed by atoms with Crippen LogP contribution in [0, 0.1) is 0 Å². The third kappa shape index (κ3) is 6.70.